The van der Waals surface area contributed by atoms with E-state index >= 15 is 0 Å². The van der Waals surface area contributed by atoms with Gasteiger partial charge < -0.3 is 4.90 Å². The number of nitrogens with zero attached hydrogens (tertiary/aromatic N) is 2. The Balaban J connectivity index is 1.50. The van der Waals surface area contributed by atoms with E-state index in [1.54, 1.807) is 42.5 Å². The van der Waals surface area contributed by atoms with Crippen LogP contribution in [0.15, 0.2) is 52.5 Å². The first kappa shape index (κ1) is 22.7. The van der Waals surface area contributed by atoms with Crippen molar-refractivity contribution in [3.63, 3.8) is 0 Å². The maximum absolute atomic E-state index is 12.8. The lowest BCUT2D eigenvalue weighted by atomic mass is 10.2. The standard InChI is InChI=1S/C20H22Cl2N4O3S/c1-15-5-7-16(8-6-15)30(28,29)26-11-9-25(10-12-26)14-20(27)24-23-13-17-18(21)3-2-4-19(17)22/h2-8,13H,9-12,14H2,1H3,(H,24,27)/p+1/b23-13-. The Kier molecular flexibility index (Phi) is 7.49. The highest BCUT2D eigenvalue weighted by Gasteiger charge is 2.31. The van der Waals surface area contributed by atoms with Crippen molar-refractivity contribution in [3.05, 3.63) is 63.6 Å². The average Bonchev–Trinajstić information content (AvgIpc) is 2.71. The molecule has 10 heteroatoms. The predicted molar refractivity (Wildman–Crippen MR) is 118 cm³/mol. The molecule has 2 aromatic carbocycles. The Morgan fingerprint density at radius 3 is 2.33 bits per heavy atom. The average molecular weight is 470 g/mol. The molecule has 2 N–H and O–H groups in total. The first-order valence-electron chi connectivity index (χ1n) is 9.43. The van der Waals surface area contributed by atoms with Crippen LogP contribution < -0.4 is 10.3 Å². The van der Waals surface area contributed by atoms with Crippen molar-refractivity contribution in [2.24, 2.45) is 5.10 Å². The molecule has 0 unspecified atom stereocenters. The number of carbonyl (C=O) groups is 1. The van der Waals surface area contributed by atoms with Crippen LogP contribution in [0.5, 0.6) is 0 Å². The number of aryl methyl sites for hydroxylation is 1. The van der Waals surface area contributed by atoms with Crippen LogP contribution in [0.4, 0.5) is 0 Å². The zero-order valence-corrected chi connectivity index (χ0v) is 18.8. The van der Waals surface area contributed by atoms with Gasteiger partial charge in [-0.3, -0.25) is 4.79 Å². The number of hydrogen-bond acceptors (Lipinski definition) is 4. The van der Waals surface area contributed by atoms with E-state index in [0.29, 0.717) is 46.7 Å². The number of sulfonamides is 1. The number of rotatable bonds is 6. The second-order valence-electron chi connectivity index (χ2n) is 7.07. The molecule has 2 aromatic rings. The van der Waals surface area contributed by atoms with Crippen LogP contribution in [-0.2, 0) is 14.8 Å². The highest BCUT2D eigenvalue weighted by atomic mass is 35.5. The molecule has 160 valence electrons. The van der Waals surface area contributed by atoms with Crippen molar-refractivity contribution in [2.75, 3.05) is 32.7 Å². The number of nitrogens with one attached hydrogen (secondary N) is 2. The topological polar surface area (TPSA) is 83.3 Å². The molecule has 1 aliphatic heterocycles. The molecule has 0 spiro atoms. The summed E-state index contributed by atoms with van der Waals surface area (Å²) < 4.78 is 27.0. The molecule has 0 aliphatic carbocycles. The number of benzene rings is 2. The Labute approximate surface area is 186 Å². The van der Waals surface area contributed by atoms with E-state index in [4.69, 9.17) is 23.2 Å². The summed E-state index contributed by atoms with van der Waals surface area (Å²) in [4.78, 5) is 13.4. The fourth-order valence-electron chi connectivity index (χ4n) is 3.15. The third-order valence-electron chi connectivity index (χ3n) is 4.88. The summed E-state index contributed by atoms with van der Waals surface area (Å²) in [7, 11) is -3.51. The van der Waals surface area contributed by atoms with Crippen molar-refractivity contribution >= 4 is 45.3 Å². The highest BCUT2D eigenvalue weighted by molar-refractivity contribution is 7.89. The van der Waals surface area contributed by atoms with Crippen molar-refractivity contribution in [2.45, 2.75) is 11.8 Å². The summed E-state index contributed by atoms with van der Waals surface area (Å²) in [6.45, 7) is 3.91. The van der Waals surface area contributed by atoms with Gasteiger partial charge >= 0.3 is 0 Å². The van der Waals surface area contributed by atoms with Gasteiger partial charge in [-0.05, 0) is 31.2 Å². The van der Waals surface area contributed by atoms with E-state index in [2.05, 4.69) is 10.5 Å². The maximum Gasteiger partial charge on any atom is 0.295 e. The van der Waals surface area contributed by atoms with Crippen LogP contribution in [0.3, 0.4) is 0 Å². The zero-order chi connectivity index (χ0) is 21.7. The van der Waals surface area contributed by atoms with Gasteiger partial charge in [-0.25, -0.2) is 13.8 Å². The molecule has 3 rings (SSSR count). The van der Waals surface area contributed by atoms with Crippen molar-refractivity contribution in [3.8, 4) is 0 Å². The maximum atomic E-state index is 12.8. The first-order valence-corrected chi connectivity index (χ1v) is 11.6. The van der Waals surface area contributed by atoms with Crippen LogP contribution in [0.2, 0.25) is 10.0 Å². The molecule has 0 bridgehead atoms. The molecule has 1 amide bonds. The molecule has 1 heterocycles. The number of amides is 1. The Morgan fingerprint density at radius 1 is 1.13 bits per heavy atom. The molecule has 1 fully saturated rings. The second-order valence-corrected chi connectivity index (χ2v) is 9.82. The van der Waals surface area contributed by atoms with Crippen molar-refractivity contribution < 1.29 is 18.1 Å². The van der Waals surface area contributed by atoms with E-state index in [1.807, 2.05) is 6.92 Å². The van der Waals surface area contributed by atoms with Gasteiger partial charge in [-0.15, -0.1) is 0 Å². The summed E-state index contributed by atoms with van der Waals surface area (Å²) in [5.41, 5.74) is 4.00. The third-order valence-corrected chi connectivity index (χ3v) is 7.45. The lowest BCUT2D eigenvalue weighted by molar-refractivity contribution is -0.895. The van der Waals surface area contributed by atoms with E-state index in [0.717, 1.165) is 10.5 Å². The minimum absolute atomic E-state index is 0.200. The Bertz CT molecular complexity index is 1010. The fourth-order valence-corrected chi connectivity index (χ4v) is 5.08. The molecule has 30 heavy (non-hydrogen) atoms. The molecule has 1 saturated heterocycles. The molecule has 0 aromatic heterocycles. The second kappa shape index (κ2) is 9.89. The third kappa shape index (κ3) is 5.59. The summed E-state index contributed by atoms with van der Waals surface area (Å²) >= 11 is 12.1. The number of quaternary nitrogens is 1. The Hall–Kier alpha value is -1.97. The van der Waals surface area contributed by atoms with Gasteiger partial charge in [-0.1, -0.05) is 47.0 Å². The Morgan fingerprint density at radius 2 is 1.73 bits per heavy atom. The highest BCUT2D eigenvalue weighted by Crippen LogP contribution is 2.22. The van der Waals surface area contributed by atoms with Gasteiger partial charge in [0.1, 0.15) is 0 Å². The fraction of sp³-hybridized carbons (Fsp3) is 0.300. The van der Waals surface area contributed by atoms with E-state index in [9.17, 15) is 13.2 Å². The van der Waals surface area contributed by atoms with Gasteiger partial charge in [0, 0.05) is 5.56 Å². The predicted octanol–water partition coefficient (Wildman–Crippen LogP) is 1.34. The number of carbonyl (C=O) groups excluding carboxylic acids is 1. The van der Waals surface area contributed by atoms with Crippen molar-refractivity contribution in [1.82, 2.24) is 9.73 Å². The molecule has 0 saturated carbocycles. The molecule has 0 atom stereocenters. The summed E-state index contributed by atoms with van der Waals surface area (Å²) in [6, 6.07) is 11.9. The number of hydrazone groups is 1. The van der Waals surface area contributed by atoms with E-state index in [-0.39, 0.29) is 12.5 Å². The molecule has 7 nitrogen and oxygen atoms in total. The normalized spacial score (nSPS) is 16.1. The molecule has 0 radical (unpaired) electrons. The number of piperazine rings is 1. The van der Waals surface area contributed by atoms with Crippen LogP contribution in [-0.4, -0.2) is 57.6 Å². The summed E-state index contributed by atoms with van der Waals surface area (Å²) in [6.07, 6.45) is 1.41. The first-order chi connectivity index (χ1) is 14.3. The van der Waals surface area contributed by atoms with Crippen LogP contribution >= 0.6 is 23.2 Å². The van der Waals surface area contributed by atoms with Crippen LogP contribution in [0.25, 0.3) is 0 Å². The zero-order valence-electron chi connectivity index (χ0n) is 16.4. The van der Waals surface area contributed by atoms with Gasteiger partial charge in [-0.2, -0.15) is 9.41 Å². The molecular formula is C20H23Cl2N4O3S+. The monoisotopic (exact) mass is 469 g/mol. The lowest BCUT2D eigenvalue weighted by Gasteiger charge is -2.31. The van der Waals surface area contributed by atoms with Crippen LogP contribution in [0.1, 0.15) is 11.1 Å². The largest absolute Gasteiger partial charge is 0.325 e. The quantitative estimate of drug-likeness (QED) is 0.494. The van der Waals surface area contributed by atoms with Gasteiger partial charge in [0.2, 0.25) is 10.0 Å². The number of hydrogen-bond donors (Lipinski definition) is 2. The van der Waals surface area contributed by atoms with E-state index < -0.39 is 10.0 Å². The molecule has 1 aliphatic rings. The smallest absolute Gasteiger partial charge is 0.295 e. The number of halogens is 2. The van der Waals surface area contributed by atoms with Crippen LogP contribution in [0, 0.1) is 6.92 Å². The summed E-state index contributed by atoms with van der Waals surface area (Å²) in [5.74, 6) is -0.265. The van der Waals surface area contributed by atoms with Gasteiger partial charge in [0.25, 0.3) is 5.91 Å². The minimum Gasteiger partial charge on any atom is -0.325 e. The van der Waals surface area contributed by atoms with Gasteiger partial charge in [0.05, 0.1) is 47.3 Å². The molecular weight excluding hydrogens is 447 g/mol. The summed E-state index contributed by atoms with van der Waals surface area (Å²) in [5, 5.41) is 4.80. The van der Waals surface area contributed by atoms with Crippen molar-refractivity contribution in [1.29, 1.82) is 0 Å². The van der Waals surface area contributed by atoms with Gasteiger partial charge in [0.15, 0.2) is 6.54 Å². The minimum atomic E-state index is -3.51. The van der Waals surface area contributed by atoms with E-state index in [1.165, 1.54) is 10.5 Å². The SMILES string of the molecule is Cc1ccc(S(=O)(=O)N2CC[NH+](CC(=O)N/N=C\c3c(Cl)cccc3Cl)CC2)cc1. The lowest BCUT2D eigenvalue weighted by Crippen LogP contribution is -3.15.